The fourth-order valence-corrected chi connectivity index (χ4v) is 6.53. The van der Waals surface area contributed by atoms with E-state index in [9.17, 15) is 28.8 Å². The van der Waals surface area contributed by atoms with Gasteiger partial charge in [-0.05, 0) is 54.3 Å². The van der Waals surface area contributed by atoms with Gasteiger partial charge in [-0.3, -0.25) is 19.3 Å². The predicted molar refractivity (Wildman–Crippen MR) is 210 cm³/mol. The number of carbonyl (C=O) groups excluding carboxylic acids is 6. The normalized spacial score (nSPS) is 16.7. The van der Waals surface area contributed by atoms with E-state index in [4.69, 9.17) is 9.47 Å². The first kappa shape index (κ1) is 39.2. The number of hydrogen-bond donors (Lipinski definition) is 2. The van der Waals surface area contributed by atoms with Gasteiger partial charge in [0.1, 0.15) is 25.3 Å². The first-order valence-corrected chi connectivity index (χ1v) is 18.5. The second kappa shape index (κ2) is 17.3. The molecule has 0 bridgehead atoms. The van der Waals surface area contributed by atoms with Crippen LogP contribution < -0.4 is 20.4 Å². The molecule has 0 aromatic heterocycles. The van der Waals surface area contributed by atoms with Crippen LogP contribution in [0.4, 0.5) is 26.7 Å². The smallest absolute Gasteiger partial charge is 0.410 e. The minimum absolute atomic E-state index is 0.0355. The van der Waals surface area contributed by atoms with E-state index in [1.165, 1.54) is 20.8 Å². The van der Waals surface area contributed by atoms with E-state index in [-0.39, 0.29) is 43.3 Å². The summed E-state index contributed by atoms with van der Waals surface area (Å²) >= 11 is 0. The second-order valence-electron chi connectivity index (χ2n) is 14.7. The molecule has 290 valence electrons. The zero-order chi connectivity index (χ0) is 39.8. The number of anilines is 3. The highest BCUT2D eigenvalue weighted by molar-refractivity contribution is 6.12. The number of hydrogen-bond acceptors (Lipinski definition) is 8. The molecule has 2 aliphatic heterocycles. The Morgan fingerprint density at radius 3 is 2.05 bits per heavy atom. The van der Waals surface area contributed by atoms with Crippen LogP contribution in [0.1, 0.15) is 55.1 Å². The molecule has 0 aliphatic carbocycles. The van der Waals surface area contributed by atoms with Gasteiger partial charge in [-0.2, -0.15) is 0 Å². The first-order chi connectivity index (χ1) is 26.9. The maximum Gasteiger partial charge on any atom is 0.410 e. The van der Waals surface area contributed by atoms with Gasteiger partial charge in [0.05, 0.1) is 30.0 Å². The number of fused-ring (bicyclic) bond motifs is 1. The average molecular weight is 760 g/mol. The number of benzene rings is 4. The maximum atomic E-state index is 14.6. The van der Waals surface area contributed by atoms with Crippen molar-refractivity contribution in [1.29, 1.82) is 0 Å². The van der Waals surface area contributed by atoms with Gasteiger partial charge in [0.15, 0.2) is 5.78 Å². The van der Waals surface area contributed by atoms with Crippen LogP contribution in [0.2, 0.25) is 0 Å². The van der Waals surface area contributed by atoms with Gasteiger partial charge in [0.25, 0.3) is 5.91 Å². The summed E-state index contributed by atoms with van der Waals surface area (Å²) in [6.07, 6.45) is 0.280. The lowest BCUT2D eigenvalue weighted by Gasteiger charge is -2.31. The van der Waals surface area contributed by atoms with Gasteiger partial charge in [-0.15, -0.1) is 0 Å². The number of amides is 5. The van der Waals surface area contributed by atoms with E-state index in [1.807, 2.05) is 60.7 Å². The fraction of sp³-hybridized carbons (Fsp3) is 0.302. The molecule has 0 radical (unpaired) electrons. The molecule has 2 atom stereocenters. The lowest BCUT2D eigenvalue weighted by molar-refractivity contribution is -0.127. The van der Waals surface area contributed by atoms with Crippen LogP contribution in [0, 0.1) is 5.41 Å². The minimum atomic E-state index is -1.32. The number of nitrogens with zero attached hydrogens (tertiary/aromatic N) is 3. The van der Waals surface area contributed by atoms with Crippen molar-refractivity contribution in [3.05, 3.63) is 126 Å². The summed E-state index contributed by atoms with van der Waals surface area (Å²) in [7, 11) is 0. The summed E-state index contributed by atoms with van der Waals surface area (Å²) in [5, 5.41) is 5.39. The zero-order valence-corrected chi connectivity index (χ0v) is 31.6. The van der Waals surface area contributed by atoms with E-state index in [2.05, 4.69) is 10.6 Å². The van der Waals surface area contributed by atoms with E-state index >= 15 is 0 Å². The number of rotatable bonds is 10. The highest BCUT2D eigenvalue weighted by atomic mass is 16.6. The van der Waals surface area contributed by atoms with Crippen LogP contribution in [0.5, 0.6) is 0 Å². The third kappa shape index (κ3) is 9.41. The number of ketones is 1. The minimum Gasteiger partial charge on any atom is -0.457 e. The SMILES string of the molecule is CC(C)(C)C(=O)CN1C(=O)C(NC(=O)Nc2cccc(C(=O)OCc3ccccc3)c2)CN(C(=O)[C@@H]2CCCN2C(=O)OCc2ccccc2)c2ccccc21. The topological polar surface area (TPSA) is 155 Å². The number of ether oxygens (including phenoxy) is 2. The molecule has 2 heterocycles. The Kier molecular flexibility index (Phi) is 12.1. The number of Topliss-reactive ketones (excluding diaryl/α,β-unsaturated/α-hetero) is 1. The van der Waals surface area contributed by atoms with Crippen LogP contribution in [0.3, 0.4) is 0 Å². The number of urea groups is 1. The lowest BCUT2D eigenvalue weighted by atomic mass is 9.90. The molecule has 13 heteroatoms. The molecule has 1 fully saturated rings. The molecule has 4 aromatic carbocycles. The summed E-state index contributed by atoms with van der Waals surface area (Å²) in [5.41, 5.74) is 1.94. The van der Waals surface area contributed by atoms with Crippen molar-refractivity contribution in [1.82, 2.24) is 10.2 Å². The van der Waals surface area contributed by atoms with Gasteiger partial charge in [0.2, 0.25) is 5.91 Å². The van der Waals surface area contributed by atoms with E-state index in [0.29, 0.717) is 30.8 Å². The number of para-hydroxylation sites is 2. The fourth-order valence-electron chi connectivity index (χ4n) is 6.53. The maximum absolute atomic E-state index is 14.6. The molecule has 6 rings (SSSR count). The molecule has 2 aliphatic rings. The van der Waals surface area contributed by atoms with Gasteiger partial charge in [-0.25, -0.2) is 14.4 Å². The van der Waals surface area contributed by atoms with Gasteiger partial charge < -0.3 is 29.9 Å². The average Bonchev–Trinajstić information content (AvgIpc) is 3.66. The van der Waals surface area contributed by atoms with Crippen molar-refractivity contribution in [3.8, 4) is 0 Å². The molecule has 0 spiro atoms. The van der Waals surface area contributed by atoms with Crippen molar-refractivity contribution in [3.63, 3.8) is 0 Å². The molecule has 2 N–H and O–H groups in total. The van der Waals surface area contributed by atoms with Crippen LogP contribution in [0.25, 0.3) is 0 Å². The van der Waals surface area contributed by atoms with Crippen LogP contribution in [-0.2, 0) is 37.1 Å². The van der Waals surface area contributed by atoms with E-state index in [0.717, 1.165) is 11.1 Å². The molecule has 5 amide bonds. The van der Waals surface area contributed by atoms with Crippen molar-refractivity contribution in [2.24, 2.45) is 5.41 Å². The summed E-state index contributed by atoms with van der Waals surface area (Å²) in [5.74, 6) is -1.89. The highest BCUT2D eigenvalue weighted by Gasteiger charge is 2.43. The number of carbonyl (C=O) groups is 6. The Bertz CT molecular complexity index is 2080. The molecule has 0 saturated carbocycles. The van der Waals surface area contributed by atoms with Gasteiger partial charge in [0, 0.05) is 17.6 Å². The third-order valence-electron chi connectivity index (χ3n) is 9.65. The largest absolute Gasteiger partial charge is 0.457 e. The molecular weight excluding hydrogens is 714 g/mol. The summed E-state index contributed by atoms with van der Waals surface area (Å²) in [4.78, 5) is 86.3. The Morgan fingerprint density at radius 2 is 1.39 bits per heavy atom. The summed E-state index contributed by atoms with van der Waals surface area (Å²) < 4.78 is 11.0. The number of nitrogens with one attached hydrogen (secondary N) is 2. The molecule has 13 nitrogen and oxygen atoms in total. The third-order valence-corrected chi connectivity index (χ3v) is 9.65. The second-order valence-corrected chi connectivity index (χ2v) is 14.7. The van der Waals surface area contributed by atoms with Crippen molar-refractivity contribution in [2.45, 2.75) is 58.9 Å². The Labute approximate surface area is 325 Å². The number of likely N-dealkylation sites (tertiary alicyclic amines) is 1. The zero-order valence-electron chi connectivity index (χ0n) is 31.6. The highest BCUT2D eigenvalue weighted by Crippen LogP contribution is 2.35. The molecule has 4 aromatic rings. The van der Waals surface area contributed by atoms with Crippen molar-refractivity contribution >= 4 is 52.8 Å². The molecule has 56 heavy (non-hydrogen) atoms. The first-order valence-electron chi connectivity index (χ1n) is 18.5. The van der Waals surface area contributed by atoms with E-state index in [1.54, 1.807) is 63.2 Å². The molecule has 1 unspecified atom stereocenters. The lowest BCUT2D eigenvalue weighted by Crippen LogP contribution is -2.56. The van der Waals surface area contributed by atoms with E-state index < -0.39 is 47.4 Å². The Balaban J connectivity index is 1.23. The van der Waals surface area contributed by atoms with Gasteiger partial charge >= 0.3 is 18.1 Å². The quantitative estimate of drug-likeness (QED) is 0.178. The van der Waals surface area contributed by atoms with Gasteiger partial charge in [-0.1, -0.05) is 99.6 Å². The predicted octanol–water partition coefficient (Wildman–Crippen LogP) is 6.33. The van der Waals surface area contributed by atoms with Crippen LogP contribution in [-0.4, -0.2) is 72.3 Å². The van der Waals surface area contributed by atoms with Crippen LogP contribution in [0.15, 0.2) is 109 Å². The van der Waals surface area contributed by atoms with Crippen molar-refractivity contribution < 1.29 is 38.2 Å². The van der Waals surface area contributed by atoms with Crippen molar-refractivity contribution in [2.75, 3.05) is 34.8 Å². The Morgan fingerprint density at radius 1 is 0.768 bits per heavy atom. The number of esters is 1. The standard InChI is InChI=1S/C43H45N5O8/c1-43(2,3)37(49)26-48-35-21-11-10-20-34(35)47(39(51)36-22-13-23-46(36)42(54)56-28-30-16-8-5-9-17-30)25-33(38(48)50)45-41(53)44-32-19-12-18-31(24-32)40(52)55-27-29-14-6-4-7-15-29/h4-12,14-21,24,33,36H,13,22-23,25-28H2,1-3H3,(H2,44,45,53)/t33?,36-/m0/s1. The monoisotopic (exact) mass is 759 g/mol. The Hall–Kier alpha value is -6.50. The summed E-state index contributed by atoms with van der Waals surface area (Å²) in [6.45, 7) is 5.05. The molecular formula is C43H45N5O8. The molecule has 1 saturated heterocycles. The van der Waals surface area contributed by atoms with Crippen LogP contribution >= 0.6 is 0 Å². The summed E-state index contributed by atoms with van der Waals surface area (Å²) in [6, 6.07) is 28.3.